The van der Waals surface area contributed by atoms with Crippen LogP contribution in [-0.4, -0.2) is 115 Å². The number of rotatable bonds is 11. The molecule has 1 amide bonds. The second kappa shape index (κ2) is 16.6. The molecule has 44 heavy (non-hydrogen) atoms. The predicted molar refractivity (Wildman–Crippen MR) is 144 cm³/mol. The van der Waals surface area contributed by atoms with Crippen molar-refractivity contribution in [1.29, 1.82) is 0 Å². The zero-order chi connectivity index (χ0) is 33.3. The number of halogens is 1. The van der Waals surface area contributed by atoms with Crippen LogP contribution in [0.3, 0.4) is 0 Å². The number of esters is 6. The minimum atomic E-state index is -1.62. The Balaban J connectivity index is 2.66. The fraction of sp³-hybridized carbons (Fsp3) is 0.731. The summed E-state index contributed by atoms with van der Waals surface area (Å²) in [6.07, 6.45) is -11.2. The van der Waals surface area contributed by atoms with Crippen LogP contribution >= 0.6 is 15.9 Å². The van der Waals surface area contributed by atoms with Gasteiger partial charge < -0.3 is 47.9 Å². The van der Waals surface area contributed by atoms with E-state index < -0.39 is 115 Å². The van der Waals surface area contributed by atoms with E-state index >= 15 is 0 Å². The molecule has 0 saturated carbocycles. The van der Waals surface area contributed by atoms with Crippen LogP contribution in [0.2, 0.25) is 0 Å². The first-order valence-corrected chi connectivity index (χ1v) is 14.2. The molecule has 18 heteroatoms. The number of carbonyl (C=O) groups is 7. The summed E-state index contributed by atoms with van der Waals surface area (Å²) in [7, 11) is 0. The monoisotopic (exact) mass is 697 g/mol. The van der Waals surface area contributed by atoms with Crippen LogP contribution in [0.1, 0.15) is 48.5 Å². The molecule has 2 rings (SSSR count). The minimum Gasteiger partial charge on any atom is -0.463 e. The minimum absolute atomic E-state index is 0.414. The van der Waals surface area contributed by atoms with Crippen LogP contribution in [0.4, 0.5) is 0 Å². The molecule has 0 aromatic heterocycles. The molecule has 0 aliphatic carbocycles. The van der Waals surface area contributed by atoms with Gasteiger partial charge in [-0.3, -0.25) is 33.6 Å². The van der Waals surface area contributed by atoms with Crippen LogP contribution in [0.5, 0.6) is 0 Å². The SMILES string of the molecule is CC(=O)NC1[C@H](O[C@@H]2C(OC(C)=O)[C@@H](Br)OC(COC(C)=O)[C@H]2OC(C)=O)OC(COC(C)=O)[C@@H](OC(C)=O)[C@@H]1OC(C)=O. The van der Waals surface area contributed by atoms with Crippen molar-refractivity contribution in [2.45, 2.75) is 109 Å². The summed E-state index contributed by atoms with van der Waals surface area (Å²) in [5, 5.41) is 1.44. The molecule has 2 heterocycles. The summed E-state index contributed by atoms with van der Waals surface area (Å²) >= 11 is 3.26. The molecule has 2 saturated heterocycles. The van der Waals surface area contributed by atoms with E-state index in [1.165, 1.54) is 0 Å². The molecular weight excluding hydrogens is 662 g/mol. The highest BCUT2D eigenvalue weighted by Crippen LogP contribution is 2.35. The molecule has 4 unspecified atom stereocenters. The number of amides is 1. The predicted octanol–water partition coefficient (Wildman–Crippen LogP) is -0.426. The van der Waals surface area contributed by atoms with E-state index in [0.29, 0.717) is 0 Å². The Bertz CT molecular complexity index is 1100. The van der Waals surface area contributed by atoms with Gasteiger partial charge in [0, 0.05) is 48.5 Å². The quantitative estimate of drug-likeness (QED) is 0.165. The Hall–Kier alpha value is -3.35. The highest BCUT2D eigenvalue weighted by molar-refractivity contribution is 9.09. The molecular formula is C26H36BrNO16. The normalized spacial score (nSPS) is 31.5. The van der Waals surface area contributed by atoms with Crippen LogP contribution in [-0.2, 0) is 76.2 Å². The largest absolute Gasteiger partial charge is 0.463 e. The average molecular weight is 698 g/mol. The Morgan fingerprint density at radius 1 is 0.568 bits per heavy atom. The maximum atomic E-state index is 12.3. The second-order valence-electron chi connectivity index (χ2n) is 9.80. The van der Waals surface area contributed by atoms with Crippen molar-refractivity contribution < 1.29 is 76.2 Å². The molecule has 0 aromatic carbocycles. The first kappa shape index (κ1) is 36.8. The van der Waals surface area contributed by atoms with E-state index in [-0.39, 0.29) is 0 Å². The first-order valence-electron chi connectivity index (χ1n) is 13.3. The second-order valence-corrected chi connectivity index (χ2v) is 10.7. The summed E-state index contributed by atoms with van der Waals surface area (Å²) in [6.45, 7) is 6.84. The molecule has 248 valence electrons. The van der Waals surface area contributed by atoms with Crippen molar-refractivity contribution in [2.24, 2.45) is 0 Å². The van der Waals surface area contributed by atoms with Crippen molar-refractivity contribution in [3.05, 3.63) is 0 Å². The van der Waals surface area contributed by atoms with Crippen LogP contribution in [0.25, 0.3) is 0 Å². The summed E-state index contributed by atoms with van der Waals surface area (Å²) in [5.41, 5.74) is 0. The number of ether oxygens (including phenoxy) is 9. The number of nitrogens with one attached hydrogen (secondary N) is 1. The maximum Gasteiger partial charge on any atom is 0.303 e. The van der Waals surface area contributed by atoms with Crippen molar-refractivity contribution in [1.82, 2.24) is 5.32 Å². The van der Waals surface area contributed by atoms with Crippen molar-refractivity contribution >= 4 is 57.7 Å². The van der Waals surface area contributed by atoms with E-state index in [1.54, 1.807) is 0 Å². The van der Waals surface area contributed by atoms with Gasteiger partial charge in [-0.25, -0.2) is 0 Å². The Labute approximate surface area is 260 Å². The summed E-state index contributed by atoms with van der Waals surface area (Å²) in [6, 6.07) is -1.39. The third kappa shape index (κ3) is 11.0. The Morgan fingerprint density at radius 2 is 0.977 bits per heavy atom. The van der Waals surface area contributed by atoms with Gasteiger partial charge in [0.15, 0.2) is 35.7 Å². The van der Waals surface area contributed by atoms with Crippen LogP contribution in [0.15, 0.2) is 0 Å². The van der Waals surface area contributed by atoms with E-state index in [2.05, 4.69) is 21.2 Å². The lowest BCUT2D eigenvalue weighted by atomic mass is 9.95. The molecule has 0 aromatic rings. The zero-order valence-electron chi connectivity index (χ0n) is 25.1. The Morgan fingerprint density at radius 3 is 1.41 bits per heavy atom. The van der Waals surface area contributed by atoms with Gasteiger partial charge in [0.25, 0.3) is 0 Å². The zero-order valence-corrected chi connectivity index (χ0v) is 26.7. The van der Waals surface area contributed by atoms with Crippen molar-refractivity contribution in [2.75, 3.05) is 13.2 Å². The molecule has 0 bridgehead atoms. The maximum absolute atomic E-state index is 12.3. The van der Waals surface area contributed by atoms with Crippen molar-refractivity contribution in [3.63, 3.8) is 0 Å². The lowest BCUT2D eigenvalue weighted by Gasteiger charge is -2.48. The first-order chi connectivity index (χ1) is 20.5. The summed E-state index contributed by atoms with van der Waals surface area (Å²) in [5.74, 6) is -5.26. The topological polar surface area (TPSA) is 215 Å². The van der Waals surface area contributed by atoms with Gasteiger partial charge in [-0.1, -0.05) is 15.9 Å². The fourth-order valence-corrected chi connectivity index (χ4v) is 5.25. The van der Waals surface area contributed by atoms with Gasteiger partial charge in [-0.05, 0) is 0 Å². The van der Waals surface area contributed by atoms with Gasteiger partial charge in [-0.2, -0.15) is 0 Å². The lowest BCUT2D eigenvalue weighted by molar-refractivity contribution is -0.319. The molecule has 0 spiro atoms. The van der Waals surface area contributed by atoms with E-state index in [0.717, 1.165) is 48.5 Å². The standard InChI is InChI=1S/C26H36BrNO16/c1-10(29)28-19-22(40-15(6)34)20(38-13(4)32)18(9-37-12(3)31)43-26(19)44-23-21(39-14(5)33)17(8-36-11(2)30)42-25(27)24(23)41-16(7)35/h17-26H,8-9H2,1-7H3,(H,28,29)/t17?,18?,19?,20-,21-,22-,23+,24?,25+,26+/m1/s1. The van der Waals surface area contributed by atoms with Gasteiger partial charge >= 0.3 is 35.8 Å². The highest BCUT2D eigenvalue weighted by atomic mass is 79.9. The molecule has 17 nitrogen and oxygen atoms in total. The average Bonchev–Trinajstić information content (AvgIpc) is 2.87. The van der Waals surface area contributed by atoms with Gasteiger partial charge in [0.1, 0.15) is 37.6 Å². The molecule has 1 N–H and O–H groups in total. The number of hydrogen-bond acceptors (Lipinski definition) is 16. The smallest absolute Gasteiger partial charge is 0.303 e. The third-order valence-corrected chi connectivity index (χ3v) is 6.73. The van der Waals surface area contributed by atoms with Crippen LogP contribution < -0.4 is 5.32 Å². The number of hydrogen-bond donors (Lipinski definition) is 1. The highest BCUT2D eigenvalue weighted by Gasteiger charge is 2.56. The van der Waals surface area contributed by atoms with E-state index in [1.807, 2.05) is 0 Å². The molecule has 0 radical (unpaired) electrons. The van der Waals surface area contributed by atoms with E-state index in [9.17, 15) is 33.6 Å². The van der Waals surface area contributed by atoms with Gasteiger partial charge in [0.2, 0.25) is 5.91 Å². The molecule has 2 aliphatic rings. The third-order valence-electron chi connectivity index (χ3n) is 5.99. The fourth-order valence-electron chi connectivity index (χ4n) is 4.57. The van der Waals surface area contributed by atoms with E-state index in [4.69, 9.17) is 42.6 Å². The molecule has 2 fully saturated rings. The Kier molecular flexibility index (Phi) is 13.9. The lowest BCUT2D eigenvalue weighted by Crippen LogP contribution is -2.69. The molecule has 10 atom stereocenters. The van der Waals surface area contributed by atoms with Gasteiger partial charge in [-0.15, -0.1) is 0 Å². The van der Waals surface area contributed by atoms with Crippen molar-refractivity contribution in [3.8, 4) is 0 Å². The van der Waals surface area contributed by atoms with Gasteiger partial charge in [0.05, 0.1) is 0 Å². The number of carbonyl (C=O) groups excluding carboxylic acids is 7. The number of alkyl halides is 1. The molecule has 2 aliphatic heterocycles. The van der Waals surface area contributed by atoms with Crippen LogP contribution in [0, 0.1) is 0 Å². The summed E-state index contributed by atoms with van der Waals surface area (Å²) < 4.78 is 50.0. The summed E-state index contributed by atoms with van der Waals surface area (Å²) in [4.78, 5) is 84.0.